The highest BCUT2D eigenvalue weighted by molar-refractivity contribution is 6.31. The van der Waals surface area contributed by atoms with Gasteiger partial charge in [-0.15, -0.1) is 0 Å². The molecule has 0 N–H and O–H groups in total. The predicted octanol–water partition coefficient (Wildman–Crippen LogP) is 7.53. The number of allylic oxidation sites excluding steroid dienone is 4. The Balaban J connectivity index is 1.40. The molecule has 4 heteroatoms. The normalized spacial score (nSPS) is 20.4. The number of halogens is 1. The summed E-state index contributed by atoms with van der Waals surface area (Å²) in [5.41, 5.74) is 6.01. The topological polar surface area (TPSA) is 19.4 Å². The highest BCUT2D eigenvalue weighted by Crippen LogP contribution is 2.36. The molecule has 3 aromatic rings. The summed E-state index contributed by atoms with van der Waals surface area (Å²) in [6, 6.07) is 20.2. The fourth-order valence-electron chi connectivity index (χ4n) is 5.47. The van der Waals surface area contributed by atoms with Gasteiger partial charge < -0.3 is 4.90 Å². The third-order valence-electron chi connectivity index (χ3n) is 7.61. The molecule has 0 saturated carbocycles. The van der Waals surface area contributed by atoms with Gasteiger partial charge in [0.2, 0.25) is 0 Å². The Morgan fingerprint density at radius 1 is 1.06 bits per heavy atom. The van der Waals surface area contributed by atoms with Crippen molar-refractivity contribution in [2.24, 2.45) is 5.92 Å². The van der Waals surface area contributed by atoms with Crippen molar-refractivity contribution in [3.8, 4) is 0 Å². The molecular weight excluding hydrogens is 438 g/mol. The van der Waals surface area contributed by atoms with Crippen LogP contribution in [0.25, 0.3) is 16.5 Å². The molecule has 1 aliphatic heterocycles. The Morgan fingerprint density at radius 3 is 2.56 bits per heavy atom. The minimum Gasteiger partial charge on any atom is -0.371 e. The number of aromatic nitrogens is 1. The van der Waals surface area contributed by atoms with Crippen molar-refractivity contribution >= 4 is 33.8 Å². The van der Waals surface area contributed by atoms with E-state index in [0.29, 0.717) is 18.0 Å². The third kappa shape index (κ3) is 4.78. The van der Waals surface area contributed by atoms with Gasteiger partial charge in [0.05, 0.1) is 11.2 Å². The Labute approximate surface area is 208 Å². The van der Waals surface area contributed by atoms with E-state index in [-0.39, 0.29) is 0 Å². The molecule has 1 aliphatic carbocycles. The summed E-state index contributed by atoms with van der Waals surface area (Å²) >= 11 is 6.37. The molecule has 0 amide bonds. The summed E-state index contributed by atoms with van der Waals surface area (Å²) in [6.07, 6.45) is 9.98. The third-order valence-corrected chi connectivity index (χ3v) is 7.85. The van der Waals surface area contributed by atoms with E-state index in [4.69, 9.17) is 16.6 Å². The van der Waals surface area contributed by atoms with Crippen molar-refractivity contribution in [2.75, 3.05) is 25.0 Å². The van der Waals surface area contributed by atoms with Crippen molar-refractivity contribution in [3.05, 3.63) is 89.1 Å². The van der Waals surface area contributed by atoms with Crippen LogP contribution in [0.2, 0.25) is 5.02 Å². The molecule has 3 nitrogen and oxygen atoms in total. The van der Waals surface area contributed by atoms with E-state index < -0.39 is 0 Å². The second-order valence-electron chi connectivity index (χ2n) is 9.91. The summed E-state index contributed by atoms with van der Waals surface area (Å²) in [5, 5.41) is 1.91. The lowest BCUT2D eigenvalue weighted by molar-refractivity contribution is 0.162. The van der Waals surface area contributed by atoms with Crippen LogP contribution in [0, 0.1) is 5.92 Å². The zero-order valence-corrected chi connectivity index (χ0v) is 21.2. The summed E-state index contributed by atoms with van der Waals surface area (Å²) in [4.78, 5) is 10.1. The summed E-state index contributed by atoms with van der Waals surface area (Å²) in [6.45, 7) is 6.82. The molecule has 0 radical (unpaired) electrons. The second-order valence-corrected chi connectivity index (χ2v) is 10.3. The Kier molecular flexibility index (Phi) is 6.76. The average Bonchev–Trinajstić information content (AvgIpc) is 2.87. The van der Waals surface area contributed by atoms with Gasteiger partial charge in [0.25, 0.3) is 0 Å². The molecule has 2 unspecified atom stereocenters. The molecule has 1 aromatic heterocycles. The number of pyridine rings is 1. The van der Waals surface area contributed by atoms with Gasteiger partial charge in [-0.2, -0.15) is 0 Å². The molecule has 0 bridgehead atoms. The van der Waals surface area contributed by atoms with Crippen molar-refractivity contribution in [1.29, 1.82) is 0 Å². The zero-order valence-electron chi connectivity index (χ0n) is 20.4. The van der Waals surface area contributed by atoms with Gasteiger partial charge in [-0.05, 0) is 67.5 Å². The Hall–Kier alpha value is -2.62. The average molecular weight is 472 g/mol. The SMILES string of the molecule is CC1C=CC=C(c2cc(N(C)C3CCN(C(C)c4ccccc4)CC3)c3ccc(Cl)cc3n2)C1. The van der Waals surface area contributed by atoms with Crippen LogP contribution in [0.15, 0.2) is 72.8 Å². The van der Waals surface area contributed by atoms with Gasteiger partial charge in [0.15, 0.2) is 0 Å². The van der Waals surface area contributed by atoms with E-state index in [1.54, 1.807) is 0 Å². The second kappa shape index (κ2) is 9.93. The van der Waals surface area contributed by atoms with Gasteiger partial charge >= 0.3 is 0 Å². The van der Waals surface area contributed by atoms with E-state index in [0.717, 1.165) is 48.6 Å². The van der Waals surface area contributed by atoms with Gasteiger partial charge in [0.1, 0.15) is 0 Å². The fraction of sp³-hybridized carbons (Fsp3) is 0.367. The molecule has 2 aliphatic rings. The maximum atomic E-state index is 6.37. The molecule has 1 fully saturated rings. The maximum Gasteiger partial charge on any atom is 0.0745 e. The maximum absolute atomic E-state index is 6.37. The Morgan fingerprint density at radius 2 is 1.82 bits per heavy atom. The summed E-state index contributed by atoms with van der Waals surface area (Å²) in [7, 11) is 2.26. The number of hydrogen-bond acceptors (Lipinski definition) is 3. The standard InChI is InChI=1S/C30H34ClN3/c1-21-8-7-11-24(18-21)28-20-30(27-13-12-25(31)19-29(27)32-28)33(3)26-14-16-34(17-15-26)22(2)23-9-5-4-6-10-23/h4-13,19-22,26H,14-18H2,1-3H3. The van der Waals surface area contributed by atoms with Gasteiger partial charge in [-0.25, -0.2) is 4.98 Å². The first-order valence-corrected chi connectivity index (χ1v) is 12.9. The van der Waals surface area contributed by atoms with E-state index >= 15 is 0 Å². The molecular formula is C30H34ClN3. The van der Waals surface area contributed by atoms with Crippen LogP contribution in [0.5, 0.6) is 0 Å². The van der Waals surface area contributed by atoms with Crippen LogP contribution in [0.3, 0.4) is 0 Å². The first kappa shape index (κ1) is 23.1. The van der Waals surface area contributed by atoms with E-state index in [1.807, 2.05) is 12.1 Å². The monoisotopic (exact) mass is 471 g/mol. The fourth-order valence-corrected chi connectivity index (χ4v) is 5.64. The molecule has 2 atom stereocenters. The molecule has 176 valence electrons. The van der Waals surface area contributed by atoms with Crippen LogP contribution < -0.4 is 4.90 Å². The van der Waals surface area contributed by atoms with Gasteiger partial charge in [0, 0.05) is 48.3 Å². The van der Waals surface area contributed by atoms with Crippen LogP contribution in [-0.2, 0) is 0 Å². The first-order chi connectivity index (χ1) is 16.5. The minimum absolute atomic E-state index is 0.455. The Bertz CT molecular complexity index is 1210. The van der Waals surface area contributed by atoms with Crippen molar-refractivity contribution in [3.63, 3.8) is 0 Å². The predicted molar refractivity (Wildman–Crippen MR) is 146 cm³/mol. The largest absolute Gasteiger partial charge is 0.371 e. The van der Waals surface area contributed by atoms with E-state index in [9.17, 15) is 0 Å². The number of rotatable bonds is 5. The molecule has 2 heterocycles. The highest BCUT2D eigenvalue weighted by Gasteiger charge is 2.27. The number of benzene rings is 2. The van der Waals surface area contributed by atoms with E-state index in [1.165, 1.54) is 22.2 Å². The molecule has 34 heavy (non-hydrogen) atoms. The molecule has 2 aromatic carbocycles. The number of nitrogens with zero attached hydrogens (tertiary/aromatic N) is 3. The lowest BCUT2D eigenvalue weighted by Gasteiger charge is -2.40. The number of anilines is 1. The van der Waals surface area contributed by atoms with Crippen molar-refractivity contribution in [2.45, 2.75) is 45.2 Å². The highest BCUT2D eigenvalue weighted by atomic mass is 35.5. The van der Waals surface area contributed by atoms with Gasteiger partial charge in [-0.3, -0.25) is 4.90 Å². The quantitative estimate of drug-likeness (QED) is 0.383. The van der Waals surface area contributed by atoms with Gasteiger partial charge in [-0.1, -0.05) is 67.1 Å². The zero-order chi connectivity index (χ0) is 23.7. The van der Waals surface area contributed by atoms with Crippen LogP contribution in [0.1, 0.15) is 50.4 Å². The lowest BCUT2D eigenvalue weighted by Crippen LogP contribution is -2.44. The lowest BCUT2D eigenvalue weighted by atomic mass is 9.93. The number of likely N-dealkylation sites (tertiary alicyclic amines) is 1. The smallest absolute Gasteiger partial charge is 0.0745 e. The summed E-state index contributed by atoms with van der Waals surface area (Å²) in [5.74, 6) is 0.536. The van der Waals surface area contributed by atoms with Crippen LogP contribution in [-0.4, -0.2) is 36.1 Å². The first-order valence-electron chi connectivity index (χ1n) is 12.5. The molecule has 5 rings (SSSR count). The van der Waals surface area contributed by atoms with Crippen LogP contribution >= 0.6 is 11.6 Å². The van der Waals surface area contributed by atoms with Crippen molar-refractivity contribution < 1.29 is 0 Å². The number of fused-ring (bicyclic) bond motifs is 1. The molecule has 0 spiro atoms. The van der Waals surface area contributed by atoms with Crippen molar-refractivity contribution in [1.82, 2.24) is 9.88 Å². The number of hydrogen-bond donors (Lipinski definition) is 0. The van der Waals surface area contributed by atoms with E-state index in [2.05, 4.69) is 91.4 Å². The van der Waals surface area contributed by atoms with Crippen LogP contribution in [0.4, 0.5) is 5.69 Å². The summed E-state index contributed by atoms with van der Waals surface area (Å²) < 4.78 is 0. The number of piperidine rings is 1. The molecule has 1 saturated heterocycles. The minimum atomic E-state index is 0.455.